The number of anilines is 7. The zero-order chi connectivity index (χ0) is 32.5. The van der Waals surface area contributed by atoms with Crippen molar-refractivity contribution in [2.24, 2.45) is 0 Å². The minimum atomic E-state index is -0.110. The Balaban J connectivity index is 1.29. The van der Waals surface area contributed by atoms with Crippen LogP contribution in [0.4, 0.5) is 39.8 Å². The highest BCUT2D eigenvalue weighted by molar-refractivity contribution is 5.88. The number of benzene rings is 7. The maximum absolute atomic E-state index is 3.66. The molecule has 0 fully saturated rings. The fourth-order valence-electron chi connectivity index (χ4n) is 6.97. The van der Waals surface area contributed by atoms with Crippen molar-refractivity contribution in [2.45, 2.75) is 19.3 Å². The lowest BCUT2D eigenvalue weighted by molar-refractivity contribution is 0.660. The van der Waals surface area contributed by atoms with Crippen LogP contribution in [0.3, 0.4) is 0 Å². The summed E-state index contributed by atoms with van der Waals surface area (Å²) in [5.74, 6) is 0. The van der Waals surface area contributed by atoms with Crippen molar-refractivity contribution in [3.63, 3.8) is 0 Å². The summed E-state index contributed by atoms with van der Waals surface area (Å²) in [7, 11) is 0. The van der Waals surface area contributed by atoms with Crippen molar-refractivity contribution in [3.05, 3.63) is 187 Å². The number of rotatable bonds is 8. The fourth-order valence-corrected chi connectivity index (χ4v) is 6.97. The van der Waals surface area contributed by atoms with E-state index in [0.29, 0.717) is 0 Å². The summed E-state index contributed by atoms with van der Waals surface area (Å²) in [5, 5.41) is 7.32. The van der Waals surface area contributed by atoms with Crippen LogP contribution in [0.1, 0.15) is 25.0 Å². The molecule has 0 saturated carbocycles. The molecule has 48 heavy (non-hydrogen) atoms. The first-order valence-corrected chi connectivity index (χ1v) is 16.5. The van der Waals surface area contributed by atoms with Gasteiger partial charge in [0.2, 0.25) is 0 Å². The molecule has 0 amide bonds. The molecule has 0 radical (unpaired) electrons. The molecule has 1 aliphatic rings. The van der Waals surface area contributed by atoms with Gasteiger partial charge < -0.3 is 15.5 Å². The zero-order valence-corrected chi connectivity index (χ0v) is 27.2. The van der Waals surface area contributed by atoms with Gasteiger partial charge in [-0.2, -0.15) is 0 Å². The van der Waals surface area contributed by atoms with E-state index in [1.165, 1.54) is 33.4 Å². The van der Waals surface area contributed by atoms with Crippen LogP contribution < -0.4 is 15.5 Å². The third-order valence-corrected chi connectivity index (χ3v) is 9.36. The summed E-state index contributed by atoms with van der Waals surface area (Å²) < 4.78 is 0. The van der Waals surface area contributed by atoms with E-state index in [9.17, 15) is 0 Å². The van der Waals surface area contributed by atoms with Gasteiger partial charge in [0.1, 0.15) is 0 Å². The molecule has 0 spiro atoms. The largest absolute Gasteiger partial charge is 0.355 e. The normalized spacial score (nSPS) is 12.5. The van der Waals surface area contributed by atoms with Gasteiger partial charge in [0.25, 0.3) is 0 Å². The summed E-state index contributed by atoms with van der Waals surface area (Å²) in [6.45, 7) is 4.68. The highest BCUT2D eigenvalue weighted by atomic mass is 15.1. The van der Waals surface area contributed by atoms with Gasteiger partial charge in [-0.3, -0.25) is 0 Å². The Labute approximate surface area is 283 Å². The molecule has 2 N–H and O–H groups in total. The van der Waals surface area contributed by atoms with Crippen LogP contribution in [0.2, 0.25) is 0 Å². The van der Waals surface area contributed by atoms with Gasteiger partial charge >= 0.3 is 0 Å². The predicted molar refractivity (Wildman–Crippen MR) is 204 cm³/mol. The molecular weight excluding hydrogens is 583 g/mol. The number of para-hydroxylation sites is 2. The molecule has 232 valence electrons. The monoisotopic (exact) mass is 619 g/mol. The van der Waals surface area contributed by atoms with Crippen molar-refractivity contribution in [1.29, 1.82) is 0 Å². The van der Waals surface area contributed by atoms with E-state index in [1.807, 2.05) is 12.1 Å². The zero-order valence-electron chi connectivity index (χ0n) is 27.2. The van der Waals surface area contributed by atoms with Crippen LogP contribution in [0.25, 0.3) is 22.3 Å². The van der Waals surface area contributed by atoms with E-state index in [2.05, 4.69) is 193 Å². The number of fused-ring (bicyclic) bond motifs is 3. The quantitative estimate of drug-likeness (QED) is 0.177. The smallest absolute Gasteiger partial charge is 0.0502 e. The third kappa shape index (κ3) is 5.61. The Bertz CT molecular complexity index is 2130. The average molecular weight is 620 g/mol. The van der Waals surface area contributed by atoms with Crippen LogP contribution in [0.15, 0.2) is 176 Å². The molecule has 0 heterocycles. The van der Waals surface area contributed by atoms with Gasteiger partial charge in [0.05, 0.1) is 5.69 Å². The fraction of sp³-hybridized carbons (Fsp3) is 0.0667. The maximum atomic E-state index is 3.66. The Hall–Kier alpha value is -6.06. The number of nitrogens with zero attached hydrogens (tertiary/aromatic N) is 1. The first-order valence-electron chi connectivity index (χ1n) is 16.5. The topological polar surface area (TPSA) is 27.3 Å². The predicted octanol–water partition coefficient (Wildman–Crippen LogP) is 12.6. The summed E-state index contributed by atoms with van der Waals surface area (Å²) in [4.78, 5) is 2.38. The van der Waals surface area contributed by atoms with Crippen molar-refractivity contribution < 1.29 is 0 Å². The van der Waals surface area contributed by atoms with Crippen LogP contribution in [0.5, 0.6) is 0 Å². The van der Waals surface area contributed by atoms with Crippen LogP contribution in [0, 0.1) is 0 Å². The van der Waals surface area contributed by atoms with E-state index in [0.717, 1.165) is 39.8 Å². The average Bonchev–Trinajstić information content (AvgIpc) is 3.35. The SMILES string of the molecule is CC1(C)c2ccccc2-c2ccc(N(c3ccc(-c4ccccc4)cc3)c3cc(Nc4ccccc4)cc(Nc4ccccc4)c3)cc21. The lowest BCUT2D eigenvalue weighted by atomic mass is 9.82. The van der Waals surface area contributed by atoms with Gasteiger partial charge in [-0.05, 0) is 100 Å². The lowest BCUT2D eigenvalue weighted by Crippen LogP contribution is -2.16. The standard InChI is InChI=1S/C45H37N3/c1-45(2)43-21-13-12-20-41(43)42-27-26-39(31-44(42)45)48(38-24-22-33(23-25-38)32-14-6-3-7-15-32)40-29-36(46-34-16-8-4-9-17-34)28-37(30-40)47-35-18-10-5-11-19-35/h3-31,46-47H,1-2H3. The van der Waals surface area contributed by atoms with Crippen molar-refractivity contribution in [3.8, 4) is 22.3 Å². The first-order chi connectivity index (χ1) is 23.5. The van der Waals surface area contributed by atoms with Crippen molar-refractivity contribution in [1.82, 2.24) is 0 Å². The highest BCUT2D eigenvalue weighted by Crippen LogP contribution is 2.51. The van der Waals surface area contributed by atoms with Crippen LogP contribution >= 0.6 is 0 Å². The highest BCUT2D eigenvalue weighted by Gasteiger charge is 2.35. The van der Waals surface area contributed by atoms with E-state index in [-0.39, 0.29) is 5.41 Å². The Morgan fingerprint density at radius 1 is 0.375 bits per heavy atom. The molecule has 0 aromatic heterocycles. The van der Waals surface area contributed by atoms with Gasteiger partial charge in [0, 0.05) is 39.5 Å². The van der Waals surface area contributed by atoms with Gasteiger partial charge in [-0.15, -0.1) is 0 Å². The maximum Gasteiger partial charge on any atom is 0.0502 e. The second-order valence-corrected chi connectivity index (χ2v) is 12.9. The second kappa shape index (κ2) is 12.3. The molecular formula is C45H37N3. The van der Waals surface area contributed by atoms with Crippen LogP contribution in [-0.2, 0) is 5.41 Å². The molecule has 1 aliphatic carbocycles. The minimum absolute atomic E-state index is 0.110. The van der Waals surface area contributed by atoms with E-state index in [1.54, 1.807) is 0 Å². The minimum Gasteiger partial charge on any atom is -0.355 e. The summed E-state index contributed by atoms with van der Waals surface area (Å²) in [6, 6.07) is 62.6. The molecule has 0 bridgehead atoms. The third-order valence-electron chi connectivity index (χ3n) is 9.36. The Kier molecular flexibility index (Phi) is 7.51. The molecule has 0 unspecified atom stereocenters. The summed E-state index contributed by atoms with van der Waals surface area (Å²) in [6.07, 6.45) is 0. The molecule has 3 nitrogen and oxygen atoms in total. The van der Waals surface area contributed by atoms with Crippen LogP contribution in [-0.4, -0.2) is 0 Å². The van der Waals surface area contributed by atoms with Crippen molar-refractivity contribution >= 4 is 39.8 Å². The van der Waals surface area contributed by atoms with Gasteiger partial charge in [-0.1, -0.05) is 123 Å². The number of hydrogen-bond acceptors (Lipinski definition) is 3. The molecule has 0 atom stereocenters. The first kappa shape index (κ1) is 29.3. The lowest BCUT2D eigenvalue weighted by Gasteiger charge is -2.29. The van der Waals surface area contributed by atoms with Crippen molar-refractivity contribution in [2.75, 3.05) is 15.5 Å². The summed E-state index contributed by atoms with van der Waals surface area (Å²) in [5.41, 5.74) is 15.0. The number of nitrogens with one attached hydrogen (secondary N) is 2. The van der Waals surface area contributed by atoms with Gasteiger partial charge in [-0.25, -0.2) is 0 Å². The molecule has 7 aromatic rings. The van der Waals surface area contributed by atoms with E-state index < -0.39 is 0 Å². The summed E-state index contributed by atoms with van der Waals surface area (Å²) >= 11 is 0. The van der Waals surface area contributed by atoms with E-state index >= 15 is 0 Å². The second-order valence-electron chi connectivity index (χ2n) is 12.9. The van der Waals surface area contributed by atoms with Gasteiger partial charge in [0.15, 0.2) is 0 Å². The number of hydrogen-bond donors (Lipinski definition) is 2. The molecule has 0 aliphatic heterocycles. The Morgan fingerprint density at radius 2 is 0.875 bits per heavy atom. The van der Waals surface area contributed by atoms with E-state index in [4.69, 9.17) is 0 Å². The molecule has 8 rings (SSSR count). The molecule has 7 aromatic carbocycles. The molecule has 0 saturated heterocycles. The Morgan fingerprint density at radius 3 is 1.50 bits per heavy atom. The molecule has 3 heteroatoms.